The Bertz CT molecular complexity index is 993. The molecule has 0 aromatic heterocycles. The fourth-order valence-corrected chi connectivity index (χ4v) is 3.31. The van der Waals surface area contributed by atoms with E-state index in [2.05, 4.69) is 52.9 Å². The Morgan fingerprint density at radius 2 is 1.41 bits per heavy atom. The number of nitrogens with one attached hydrogen (secondary N) is 1. The second-order valence-corrected chi connectivity index (χ2v) is 6.74. The molecular weight excluding hydrogens is 360 g/mol. The smallest absolute Gasteiger partial charge is 0.118 e. The zero-order valence-corrected chi connectivity index (χ0v) is 16.6. The Morgan fingerprint density at radius 1 is 0.793 bits per heavy atom. The number of hydrazine groups is 1. The Morgan fingerprint density at radius 3 is 2.03 bits per heavy atom. The molecule has 1 aliphatic heterocycles. The van der Waals surface area contributed by atoms with E-state index in [0.29, 0.717) is 0 Å². The van der Waals surface area contributed by atoms with Gasteiger partial charge in [-0.25, -0.2) is 5.43 Å². The van der Waals surface area contributed by atoms with Crippen molar-refractivity contribution in [1.82, 2.24) is 5.43 Å². The molecule has 0 fully saturated rings. The summed E-state index contributed by atoms with van der Waals surface area (Å²) in [5.41, 5.74) is 8.04. The third-order valence-electron chi connectivity index (χ3n) is 4.87. The lowest BCUT2D eigenvalue weighted by Gasteiger charge is -2.24. The molecule has 1 N–H and O–H groups in total. The molecule has 0 spiro atoms. The Labute approximate surface area is 171 Å². The maximum absolute atomic E-state index is 5.30. The van der Waals surface area contributed by atoms with Crippen molar-refractivity contribution in [2.75, 3.05) is 19.2 Å². The standard InChI is InChI=1S/C25H24N2O2/c1-28-23-14-9-19(10-15-23)8-13-21-18-25(20-11-16-24(29-2)17-12-20)27(26-21)22-6-4-3-5-7-22/h3-18,21,26H,1-2H3. The summed E-state index contributed by atoms with van der Waals surface area (Å²) >= 11 is 0. The van der Waals surface area contributed by atoms with Crippen LogP contribution >= 0.6 is 0 Å². The molecule has 0 aliphatic carbocycles. The van der Waals surface area contributed by atoms with Crippen LogP contribution in [0.1, 0.15) is 11.1 Å². The van der Waals surface area contributed by atoms with Crippen molar-refractivity contribution in [2.45, 2.75) is 6.04 Å². The molecule has 146 valence electrons. The molecule has 0 saturated heterocycles. The minimum atomic E-state index is 0.0782. The number of hydrogen-bond donors (Lipinski definition) is 1. The van der Waals surface area contributed by atoms with Gasteiger partial charge in [0.15, 0.2) is 0 Å². The number of rotatable bonds is 6. The van der Waals surface area contributed by atoms with E-state index in [1.165, 1.54) is 0 Å². The van der Waals surface area contributed by atoms with Crippen LogP contribution in [-0.4, -0.2) is 20.3 Å². The molecule has 4 heteroatoms. The number of benzene rings is 3. The minimum absolute atomic E-state index is 0.0782. The fraction of sp³-hybridized carbons (Fsp3) is 0.120. The monoisotopic (exact) mass is 384 g/mol. The first-order valence-electron chi connectivity index (χ1n) is 9.57. The summed E-state index contributed by atoms with van der Waals surface area (Å²) < 4.78 is 10.5. The van der Waals surface area contributed by atoms with Crippen molar-refractivity contribution in [3.05, 3.63) is 102 Å². The van der Waals surface area contributed by atoms with E-state index < -0.39 is 0 Å². The topological polar surface area (TPSA) is 33.7 Å². The van der Waals surface area contributed by atoms with Crippen LogP contribution in [0.25, 0.3) is 11.8 Å². The highest BCUT2D eigenvalue weighted by molar-refractivity contribution is 5.81. The molecule has 1 unspecified atom stereocenters. The number of nitrogens with zero attached hydrogens (tertiary/aromatic N) is 1. The van der Waals surface area contributed by atoms with Gasteiger partial charge in [-0.2, -0.15) is 0 Å². The predicted octanol–water partition coefficient (Wildman–Crippen LogP) is 5.15. The minimum Gasteiger partial charge on any atom is -0.497 e. The average molecular weight is 384 g/mol. The number of methoxy groups -OCH3 is 2. The third kappa shape index (κ3) is 4.33. The van der Waals surface area contributed by atoms with Crippen molar-refractivity contribution in [2.24, 2.45) is 0 Å². The summed E-state index contributed by atoms with van der Waals surface area (Å²) in [7, 11) is 3.36. The van der Waals surface area contributed by atoms with Gasteiger partial charge < -0.3 is 9.47 Å². The molecular formula is C25H24N2O2. The first-order valence-corrected chi connectivity index (χ1v) is 9.57. The van der Waals surface area contributed by atoms with E-state index in [4.69, 9.17) is 9.47 Å². The van der Waals surface area contributed by atoms with Crippen LogP contribution in [0.2, 0.25) is 0 Å². The second kappa shape index (κ2) is 8.67. The molecule has 0 radical (unpaired) electrons. The Hall–Kier alpha value is -3.50. The van der Waals surface area contributed by atoms with Crippen LogP contribution in [0.5, 0.6) is 11.5 Å². The molecule has 0 bridgehead atoms. The van der Waals surface area contributed by atoms with Crippen LogP contribution in [-0.2, 0) is 0 Å². The van der Waals surface area contributed by atoms with Gasteiger partial charge in [0.2, 0.25) is 0 Å². The highest BCUT2D eigenvalue weighted by Gasteiger charge is 2.23. The molecule has 3 aromatic rings. The van der Waals surface area contributed by atoms with Gasteiger partial charge in [0.05, 0.1) is 31.6 Å². The quantitative estimate of drug-likeness (QED) is 0.637. The van der Waals surface area contributed by atoms with Crippen molar-refractivity contribution >= 4 is 17.5 Å². The van der Waals surface area contributed by atoms with E-state index >= 15 is 0 Å². The summed E-state index contributed by atoms with van der Waals surface area (Å²) in [5, 5.41) is 2.13. The maximum Gasteiger partial charge on any atom is 0.118 e. The van der Waals surface area contributed by atoms with E-state index in [1.807, 2.05) is 54.6 Å². The Kier molecular flexibility index (Phi) is 5.63. The molecule has 0 amide bonds. The van der Waals surface area contributed by atoms with Crippen LogP contribution < -0.4 is 19.9 Å². The van der Waals surface area contributed by atoms with Gasteiger partial charge in [0, 0.05) is 0 Å². The first-order chi connectivity index (χ1) is 14.3. The van der Waals surface area contributed by atoms with Gasteiger partial charge in [-0.1, -0.05) is 42.5 Å². The van der Waals surface area contributed by atoms with Gasteiger partial charge in [0.25, 0.3) is 0 Å². The molecule has 1 aliphatic rings. The molecule has 4 rings (SSSR count). The molecule has 4 nitrogen and oxygen atoms in total. The van der Waals surface area contributed by atoms with Gasteiger partial charge in [-0.15, -0.1) is 0 Å². The highest BCUT2D eigenvalue weighted by atomic mass is 16.5. The summed E-state index contributed by atoms with van der Waals surface area (Å²) in [5.74, 6) is 1.71. The van der Waals surface area contributed by atoms with Crippen LogP contribution in [0, 0.1) is 0 Å². The molecule has 3 aromatic carbocycles. The van der Waals surface area contributed by atoms with E-state index in [0.717, 1.165) is 34.0 Å². The maximum atomic E-state index is 5.30. The van der Waals surface area contributed by atoms with Crippen molar-refractivity contribution < 1.29 is 9.47 Å². The van der Waals surface area contributed by atoms with Gasteiger partial charge >= 0.3 is 0 Å². The van der Waals surface area contributed by atoms with Crippen molar-refractivity contribution in [3.63, 3.8) is 0 Å². The molecule has 1 heterocycles. The van der Waals surface area contributed by atoms with Crippen LogP contribution in [0.4, 0.5) is 5.69 Å². The Balaban J connectivity index is 1.61. The first kappa shape index (κ1) is 18.8. The highest BCUT2D eigenvalue weighted by Crippen LogP contribution is 2.30. The SMILES string of the molecule is COc1ccc(C=CC2C=C(c3ccc(OC)cc3)N(c3ccccc3)N2)cc1. The van der Waals surface area contributed by atoms with Gasteiger partial charge in [-0.05, 0) is 65.7 Å². The summed E-state index contributed by atoms with van der Waals surface area (Å²) in [6.07, 6.45) is 6.51. The third-order valence-corrected chi connectivity index (χ3v) is 4.87. The lowest BCUT2D eigenvalue weighted by Crippen LogP contribution is -2.35. The zero-order valence-electron chi connectivity index (χ0n) is 16.6. The molecule has 1 atom stereocenters. The van der Waals surface area contributed by atoms with E-state index in [1.54, 1.807) is 14.2 Å². The lowest BCUT2D eigenvalue weighted by atomic mass is 10.1. The number of ether oxygens (including phenoxy) is 2. The zero-order chi connectivity index (χ0) is 20.1. The number of anilines is 1. The van der Waals surface area contributed by atoms with Crippen LogP contribution in [0.15, 0.2) is 91.0 Å². The lowest BCUT2D eigenvalue weighted by molar-refractivity contribution is 0.414. The van der Waals surface area contributed by atoms with Gasteiger partial charge in [-0.3, -0.25) is 5.01 Å². The normalized spacial score (nSPS) is 16.1. The second-order valence-electron chi connectivity index (χ2n) is 6.74. The van der Waals surface area contributed by atoms with Gasteiger partial charge in [0.1, 0.15) is 11.5 Å². The number of hydrogen-bond acceptors (Lipinski definition) is 4. The summed E-state index contributed by atoms with van der Waals surface area (Å²) in [6.45, 7) is 0. The van der Waals surface area contributed by atoms with E-state index in [-0.39, 0.29) is 6.04 Å². The molecule has 0 saturated carbocycles. The van der Waals surface area contributed by atoms with Crippen molar-refractivity contribution in [3.8, 4) is 11.5 Å². The van der Waals surface area contributed by atoms with Crippen molar-refractivity contribution in [1.29, 1.82) is 0 Å². The largest absolute Gasteiger partial charge is 0.497 e. The average Bonchev–Trinajstić information content (AvgIpc) is 3.23. The summed E-state index contributed by atoms with van der Waals surface area (Å²) in [6, 6.07) is 26.6. The van der Waals surface area contributed by atoms with E-state index in [9.17, 15) is 0 Å². The predicted molar refractivity (Wildman–Crippen MR) is 119 cm³/mol. The fourth-order valence-electron chi connectivity index (χ4n) is 3.31. The van der Waals surface area contributed by atoms with Crippen LogP contribution in [0.3, 0.4) is 0 Å². The number of para-hydroxylation sites is 1. The molecule has 29 heavy (non-hydrogen) atoms. The summed E-state index contributed by atoms with van der Waals surface area (Å²) in [4.78, 5) is 0.